The van der Waals surface area contributed by atoms with Gasteiger partial charge in [0.1, 0.15) is 6.10 Å². The van der Waals surface area contributed by atoms with Crippen LogP contribution >= 0.6 is 0 Å². The molecule has 6 heteroatoms. The number of amides is 2. The predicted octanol–water partition coefficient (Wildman–Crippen LogP) is 4.49. The molecule has 0 radical (unpaired) electrons. The third-order valence-corrected chi connectivity index (χ3v) is 8.63. The molecule has 1 aliphatic carbocycles. The summed E-state index contributed by atoms with van der Waals surface area (Å²) in [6.07, 6.45) is 1.94. The second kappa shape index (κ2) is 8.71. The van der Waals surface area contributed by atoms with E-state index in [4.69, 9.17) is 4.74 Å². The van der Waals surface area contributed by atoms with Gasteiger partial charge < -0.3 is 15.0 Å². The van der Waals surface area contributed by atoms with E-state index in [1.165, 1.54) is 21.9 Å². The summed E-state index contributed by atoms with van der Waals surface area (Å²) in [6, 6.07) is 21.3. The van der Waals surface area contributed by atoms with Gasteiger partial charge in [-0.25, -0.2) is 0 Å². The minimum absolute atomic E-state index is 0.00708. The van der Waals surface area contributed by atoms with Crippen molar-refractivity contribution in [1.82, 2.24) is 10.2 Å². The first kappa shape index (κ1) is 23.2. The lowest BCUT2D eigenvalue weighted by Crippen LogP contribution is -2.50. The largest absolute Gasteiger partial charge is 0.375 e. The van der Waals surface area contributed by atoms with Crippen LogP contribution in [0.15, 0.2) is 60.7 Å². The van der Waals surface area contributed by atoms with E-state index in [0.29, 0.717) is 0 Å². The van der Waals surface area contributed by atoms with Crippen LogP contribution in [0.3, 0.4) is 0 Å². The van der Waals surface area contributed by atoms with Crippen LogP contribution in [0.1, 0.15) is 55.0 Å². The minimum atomic E-state index is -0.836. The molecule has 0 saturated carbocycles. The standard InChI is InChI=1S/C30H33N3O3/c1-30(18-25(34)31-2)23-12-4-5-13-24(23)33(29(30)35)20-14-16-32(17-15-20)27-21-10-6-8-19-9-7-11-22(26(19)21)28(27)36-3/h4-13,20,27-28H,14-18H2,1-3H3,(H,31,34)/t27?,28-,30?/m0/s1. The number of para-hydroxylation sites is 1. The number of fused-ring (bicyclic) bond motifs is 1. The molecule has 2 amide bonds. The van der Waals surface area contributed by atoms with Gasteiger partial charge in [-0.1, -0.05) is 54.6 Å². The fourth-order valence-electron chi connectivity index (χ4n) is 6.87. The Bertz CT molecular complexity index is 1340. The van der Waals surface area contributed by atoms with Gasteiger partial charge in [-0.3, -0.25) is 14.5 Å². The van der Waals surface area contributed by atoms with Crippen LogP contribution in [0.5, 0.6) is 0 Å². The zero-order valence-corrected chi connectivity index (χ0v) is 21.2. The van der Waals surface area contributed by atoms with Gasteiger partial charge in [0, 0.05) is 45.4 Å². The normalized spacial score (nSPS) is 26.0. The summed E-state index contributed by atoms with van der Waals surface area (Å²) in [6.45, 7) is 3.69. The maximum absolute atomic E-state index is 13.9. The number of ether oxygens (including phenoxy) is 1. The molecule has 186 valence electrons. The number of anilines is 1. The van der Waals surface area contributed by atoms with Gasteiger partial charge in [0.2, 0.25) is 11.8 Å². The quantitative estimate of drug-likeness (QED) is 0.581. The number of carbonyl (C=O) groups is 2. The molecule has 36 heavy (non-hydrogen) atoms. The van der Waals surface area contributed by atoms with E-state index in [2.05, 4.69) is 46.6 Å². The molecule has 3 aromatic rings. The fourth-order valence-corrected chi connectivity index (χ4v) is 6.87. The third-order valence-electron chi connectivity index (χ3n) is 8.63. The van der Waals surface area contributed by atoms with Crippen LogP contribution in [0.2, 0.25) is 0 Å². The molecule has 3 aromatic carbocycles. The van der Waals surface area contributed by atoms with Crippen molar-refractivity contribution >= 4 is 28.3 Å². The molecular formula is C30H33N3O3. The number of nitrogens with zero attached hydrogens (tertiary/aromatic N) is 2. The van der Waals surface area contributed by atoms with Crippen LogP contribution in [-0.2, 0) is 19.7 Å². The van der Waals surface area contributed by atoms with Crippen molar-refractivity contribution in [2.24, 2.45) is 0 Å². The topological polar surface area (TPSA) is 61.9 Å². The van der Waals surface area contributed by atoms with E-state index < -0.39 is 5.41 Å². The van der Waals surface area contributed by atoms with E-state index >= 15 is 0 Å². The Hall–Kier alpha value is -3.22. The number of methoxy groups -OCH3 is 1. The molecule has 0 bridgehead atoms. The lowest BCUT2D eigenvalue weighted by molar-refractivity contribution is -0.129. The summed E-state index contributed by atoms with van der Waals surface area (Å²) in [4.78, 5) is 30.7. The molecule has 3 aliphatic rings. The van der Waals surface area contributed by atoms with Gasteiger partial charge in [0.05, 0.1) is 11.5 Å². The SMILES string of the molecule is CNC(=O)CC1(C)C(=O)N(C2CCN(C3c4cccc5cccc(c45)[C@@H]3OC)CC2)c2ccccc21. The second-order valence-corrected chi connectivity index (χ2v) is 10.5. The third kappa shape index (κ3) is 3.31. The maximum Gasteiger partial charge on any atom is 0.238 e. The second-order valence-electron chi connectivity index (χ2n) is 10.5. The van der Waals surface area contributed by atoms with Crippen molar-refractivity contribution < 1.29 is 14.3 Å². The van der Waals surface area contributed by atoms with E-state index in [0.717, 1.165) is 37.2 Å². The predicted molar refractivity (Wildman–Crippen MR) is 141 cm³/mol. The molecule has 2 heterocycles. The highest BCUT2D eigenvalue weighted by molar-refractivity contribution is 6.10. The molecule has 0 aromatic heterocycles. The first-order valence-corrected chi connectivity index (χ1v) is 12.9. The number of benzene rings is 3. The number of carbonyl (C=O) groups excluding carboxylic acids is 2. The maximum atomic E-state index is 13.9. The summed E-state index contributed by atoms with van der Waals surface area (Å²) in [5, 5.41) is 5.29. The fraction of sp³-hybridized carbons (Fsp3) is 0.400. The average molecular weight is 484 g/mol. The van der Waals surface area contributed by atoms with Crippen molar-refractivity contribution in [2.45, 2.75) is 49.8 Å². The number of hydrogen-bond acceptors (Lipinski definition) is 4. The average Bonchev–Trinajstić information content (AvgIpc) is 3.35. The number of likely N-dealkylation sites (tertiary alicyclic amines) is 1. The van der Waals surface area contributed by atoms with Crippen molar-refractivity contribution in [3.05, 3.63) is 77.4 Å². The molecule has 6 nitrogen and oxygen atoms in total. The van der Waals surface area contributed by atoms with Crippen molar-refractivity contribution in [2.75, 3.05) is 32.1 Å². The molecule has 1 saturated heterocycles. The Morgan fingerprint density at radius 3 is 2.42 bits per heavy atom. The summed E-state index contributed by atoms with van der Waals surface area (Å²) in [7, 11) is 3.43. The molecule has 6 rings (SSSR count). The Morgan fingerprint density at radius 1 is 1.03 bits per heavy atom. The van der Waals surface area contributed by atoms with E-state index in [1.807, 2.05) is 43.2 Å². The lowest BCUT2D eigenvalue weighted by Gasteiger charge is -2.41. The zero-order valence-electron chi connectivity index (χ0n) is 21.2. The highest BCUT2D eigenvalue weighted by Crippen LogP contribution is 2.50. The number of rotatable bonds is 5. The van der Waals surface area contributed by atoms with Gasteiger partial charge >= 0.3 is 0 Å². The van der Waals surface area contributed by atoms with Crippen molar-refractivity contribution in [3.63, 3.8) is 0 Å². The molecule has 3 atom stereocenters. The smallest absolute Gasteiger partial charge is 0.238 e. The first-order chi connectivity index (χ1) is 17.5. The van der Waals surface area contributed by atoms with Crippen LogP contribution in [0, 0.1) is 0 Å². The van der Waals surface area contributed by atoms with Gasteiger partial charge in [0.25, 0.3) is 0 Å². The van der Waals surface area contributed by atoms with E-state index in [1.54, 1.807) is 7.05 Å². The minimum Gasteiger partial charge on any atom is -0.375 e. The van der Waals surface area contributed by atoms with Crippen molar-refractivity contribution in [3.8, 4) is 0 Å². The van der Waals surface area contributed by atoms with Gasteiger partial charge in [-0.05, 0) is 53.3 Å². The Balaban J connectivity index is 1.26. The summed E-state index contributed by atoms with van der Waals surface area (Å²) in [5.74, 6) is -0.0727. The first-order valence-electron chi connectivity index (χ1n) is 12.9. The van der Waals surface area contributed by atoms with Crippen LogP contribution < -0.4 is 10.2 Å². The monoisotopic (exact) mass is 483 g/mol. The van der Waals surface area contributed by atoms with Gasteiger partial charge in [0.15, 0.2) is 0 Å². The Labute approximate surface area is 212 Å². The van der Waals surface area contributed by atoms with Crippen LogP contribution in [-0.4, -0.2) is 50.0 Å². The molecule has 2 unspecified atom stereocenters. The number of nitrogens with one attached hydrogen (secondary N) is 1. The molecular weight excluding hydrogens is 450 g/mol. The Kier molecular flexibility index (Phi) is 5.61. The summed E-state index contributed by atoms with van der Waals surface area (Å²) < 4.78 is 6.07. The number of hydrogen-bond donors (Lipinski definition) is 1. The van der Waals surface area contributed by atoms with E-state index in [9.17, 15) is 9.59 Å². The lowest BCUT2D eigenvalue weighted by atomic mass is 9.80. The zero-order chi connectivity index (χ0) is 25.0. The summed E-state index contributed by atoms with van der Waals surface area (Å²) >= 11 is 0. The molecule has 2 aliphatic heterocycles. The summed E-state index contributed by atoms with van der Waals surface area (Å²) in [5.41, 5.74) is 3.69. The highest BCUT2D eigenvalue weighted by atomic mass is 16.5. The molecule has 0 spiro atoms. The van der Waals surface area contributed by atoms with Gasteiger partial charge in [-0.15, -0.1) is 0 Å². The number of piperidine rings is 1. The molecule has 1 fully saturated rings. The van der Waals surface area contributed by atoms with Crippen LogP contribution in [0.25, 0.3) is 10.8 Å². The Morgan fingerprint density at radius 2 is 1.72 bits per heavy atom. The molecule has 1 N–H and O–H groups in total. The highest BCUT2D eigenvalue weighted by Gasteiger charge is 2.51. The van der Waals surface area contributed by atoms with Crippen LogP contribution in [0.4, 0.5) is 5.69 Å². The van der Waals surface area contributed by atoms with E-state index in [-0.39, 0.29) is 36.4 Å². The van der Waals surface area contributed by atoms with Gasteiger partial charge in [-0.2, -0.15) is 0 Å². The van der Waals surface area contributed by atoms with Crippen molar-refractivity contribution in [1.29, 1.82) is 0 Å².